The third-order valence-corrected chi connectivity index (χ3v) is 2.78. The van der Waals surface area contributed by atoms with Gasteiger partial charge in [0.15, 0.2) is 0 Å². The first-order chi connectivity index (χ1) is 5.95. The zero-order chi connectivity index (χ0) is 10.1. The van der Waals surface area contributed by atoms with Gasteiger partial charge in [-0.25, -0.2) is 13.6 Å². The van der Waals surface area contributed by atoms with Gasteiger partial charge in [0.2, 0.25) is 10.0 Å². The number of sulfonamides is 1. The SMILES string of the molecule is CCc1cc(N)ccc1S(N)(=O)=O. The van der Waals surface area contributed by atoms with E-state index in [1.807, 2.05) is 6.92 Å². The van der Waals surface area contributed by atoms with Crippen molar-refractivity contribution in [2.45, 2.75) is 18.2 Å². The summed E-state index contributed by atoms with van der Waals surface area (Å²) in [6.07, 6.45) is 0.594. The molecule has 0 aliphatic carbocycles. The minimum atomic E-state index is -3.62. The van der Waals surface area contributed by atoms with E-state index in [4.69, 9.17) is 10.9 Å². The topological polar surface area (TPSA) is 86.2 Å². The summed E-state index contributed by atoms with van der Waals surface area (Å²) in [5.41, 5.74) is 6.71. The molecule has 0 saturated heterocycles. The van der Waals surface area contributed by atoms with Gasteiger partial charge in [0, 0.05) is 5.69 Å². The lowest BCUT2D eigenvalue weighted by atomic mass is 10.1. The summed E-state index contributed by atoms with van der Waals surface area (Å²) < 4.78 is 22.1. The molecule has 0 unspecified atom stereocenters. The quantitative estimate of drug-likeness (QED) is 0.681. The van der Waals surface area contributed by atoms with Crippen LogP contribution in [0.1, 0.15) is 12.5 Å². The Morgan fingerprint density at radius 2 is 2.00 bits per heavy atom. The summed E-state index contributed by atoms with van der Waals surface area (Å²) >= 11 is 0. The highest BCUT2D eigenvalue weighted by atomic mass is 32.2. The number of primary sulfonamides is 1. The molecule has 0 heterocycles. The van der Waals surface area contributed by atoms with Crippen molar-refractivity contribution in [3.05, 3.63) is 23.8 Å². The Bertz CT molecular complexity index is 412. The highest BCUT2D eigenvalue weighted by molar-refractivity contribution is 7.89. The van der Waals surface area contributed by atoms with Crippen molar-refractivity contribution in [3.8, 4) is 0 Å². The summed E-state index contributed by atoms with van der Waals surface area (Å²) in [5.74, 6) is 0. The molecule has 0 spiro atoms. The monoisotopic (exact) mass is 200 g/mol. The molecule has 4 nitrogen and oxygen atoms in total. The summed E-state index contributed by atoms with van der Waals surface area (Å²) in [6.45, 7) is 1.85. The maximum Gasteiger partial charge on any atom is 0.238 e. The van der Waals surface area contributed by atoms with Crippen LogP contribution in [0.2, 0.25) is 0 Å². The van der Waals surface area contributed by atoms with Crippen LogP contribution in [-0.2, 0) is 16.4 Å². The molecule has 0 radical (unpaired) electrons. The number of aryl methyl sites for hydroxylation is 1. The molecule has 0 aliphatic heterocycles. The summed E-state index contributed by atoms with van der Waals surface area (Å²) in [5, 5.41) is 5.01. The molecule has 0 amide bonds. The van der Waals surface area contributed by atoms with Crippen molar-refractivity contribution in [3.63, 3.8) is 0 Å². The van der Waals surface area contributed by atoms with Crippen LogP contribution < -0.4 is 10.9 Å². The molecule has 1 aromatic carbocycles. The Morgan fingerprint density at radius 1 is 1.38 bits per heavy atom. The van der Waals surface area contributed by atoms with Crippen LogP contribution in [0.25, 0.3) is 0 Å². The van der Waals surface area contributed by atoms with Crippen LogP contribution in [0.15, 0.2) is 23.1 Å². The van der Waals surface area contributed by atoms with Gasteiger partial charge in [-0.3, -0.25) is 0 Å². The minimum absolute atomic E-state index is 0.157. The standard InChI is InChI=1S/C8H12N2O2S/c1-2-6-5-7(9)3-4-8(6)13(10,11)12/h3-5H,2,9H2,1H3,(H2,10,11,12). The molecule has 0 bridgehead atoms. The first-order valence-electron chi connectivity index (χ1n) is 3.86. The number of hydrogen-bond acceptors (Lipinski definition) is 3. The minimum Gasteiger partial charge on any atom is -0.399 e. The van der Waals surface area contributed by atoms with E-state index in [0.29, 0.717) is 17.7 Å². The van der Waals surface area contributed by atoms with E-state index in [-0.39, 0.29) is 4.90 Å². The Hall–Kier alpha value is -1.07. The lowest BCUT2D eigenvalue weighted by Gasteiger charge is -2.05. The van der Waals surface area contributed by atoms with E-state index in [1.165, 1.54) is 12.1 Å². The molecular formula is C8H12N2O2S. The molecular weight excluding hydrogens is 188 g/mol. The van der Waals surface area contributed by atoms with E-state index in [1.54, 1.807) is 6.07 Å². The van der Waals surface area contributed by atoms with Gasteiger partial charge in [-0.05, 0) is 30.2 Å². The molecule has 4 N–H and O–H groups in total. The molecule has 1 rings (SSSR count). The van der Waals surface area contributed by atoms with Gasteiger partial charge in [-0.1, -0.05) is 6.92 Å². The fourth-order valence-corrected chi connectivity index (χ4v) is 1.98. The average molecular weight is 200 g/mol. The number of rotatable bonds is 2. The van der Waals surface area contributed by atoms with Gasteiger partial charge in [0.25, 0.3) is 0 Å². The molecule has 0 aromatic heterocycles. The van der Waals surface area contributed by atoms with Crippen LogP contribution in [0.4, 0.5) is 5.69 Å². The van der Waals surface area contributed by atoms with Gasteiger partial charge in [-0.15, -0.1) is 0 Å². The Kier molecular flexibility index (Phi) is 2.58. The predicted molar refractivity (Wildman–Crippen MR) is 51.6 cm³/mol. The molecule has 0 saturated carbocycles. The maximum absolute atomic E-state index is 11.1. The van der Waals surface area contributed by atoms with Crippen LogP contribution in [0, 0.1) is 0 Å². The van der Waals surface area contributed by atoms with Gasteiger partial charge in [0.1, 0.15) is 0 Å². The Morgan fingerprint density at radius 3 is 2.46 bits per heavy atom. The van der Waals surface area contributed by atoms with Crippen LogP contribution in [-0.4, -0.2) is 8.42 Å². The average Bonchev–Trinajstić information content (AvgIpc) is 2.01. The van der Waals surface area contributed by atoms with Gasteiger partial charge in [0.05, 0.1) is 4.90 Å². The second kappa shape index (κ2) is 3.35. The van der Waals surface area contributed by atoms with Crippen molar-refractivity contribution in [2.75, 3.05) is 5.73 Å². The predicted octanol–water partition coefficient (Wildman–Crippen LogP) is 0.479. The maximum atomic E-state index is 11.1. The van der Waals surface area contributed by atoms with E-state index in [2.05, 4.69) is 0 Å². The number of nitrogens with two attached hydrogens (primary N) is 2. The Labute approximate surface area is 77.6 Å². The molecule has 72 valence electrons. The first kappa shape index (κ1) is 10.0. The highest BCUT2D eigenvalue weighted by Gasteiger charge is 2.12. The third kappa shape index (κ3) is 2.19. The van der Waals surface area contributed by atoms with Crippen molar-refractivity contribution < 1.29 is 8.42 Å². The van der Waals surface area contributed by atoms with Crippen molar-refractivity contribution in [1.82, 2.24) is 0 Å². The van der Waals surface area contributed by atoms with E-state index in [0.717, 1.165) is 0 Å². The van der Waals surface area contributed by atoms with Crippen LogP contribution >= 0.6 is 0 Å². The third-order valence-electron chi connectivity index (χ3n) is 1.77. The highest BCUT2D eigenvalue weighted by Crippen LogP contribution is 2.17. The lowest BCUT2D eigenvalue weighted by molar-refractivity contribution is 0.597. The number of benzene rings is 1. The van der Waals surface area contributed by atoms with E-state index >= 15 is 0 Å². The van der Waals surface area contributed by atoms with Crippen molar-refractivity contribution >= 4 is 15.7 Å². The first-order valence-corrected chi connectivity index (χ1v) is 5.41. The van der Waals surface area contributed by atoms with Gasteiger partial charge in [-0.2, -0.15) is 0 Å². The zero-order valence-electron chi connectivity index (χ0n) is 7.32. The number of hydrogen-bond donors (Lipinski definition) is 2. The molecule has 0 aliphatic rings. The second-order valence-corrected chi connectivity index (χ2v) is 4.30. The molecule has 1 aromatic rings. The lowest BCUT2D eigenvalue weighted by Crippen LogP contribution is -2.14. The number of nitrogen functional groups attached to an aromatic ring is 1. The largest absolute Gasteiger partial charge is 0.399 e. The van der Waals surface area contributed by atoms with Crippen LogP contribution in [0.3, 0.4) is 0 Å². The Balaban J connectivity index is 3.39. The van der Waals surface area contributed by atoms with Gasteiger partial charge < -0.3 is 5.73 Å². The summed E-state index contributed by atoms with van der Waals surface area (Å²) in [7, 11) is -3.62. The fraction of sp³-hybridized carbons (Fsp3) is 0.250. The van der Waals surface area contributed by atoms with Crippen molar-refractivity contribution in [1.29, 1.82) is 0 Å². The van der Waals surface area contributed by atoms with E-state index < -0.39 is 10.0 Å². The summed E-state index contributed by atoms with van der Waals surface area (Å²) in [4.78, 5) is 0.157. The number of anilines is 1. The van der Waals surface area contributed by atoms with Crippen LogP contribution in [0.5, 0.6) is 0 Å². The van der Waals surface area contributed by atoms with E-state index in [9.17, 15) is 8.42 Å². The molecule has 0 atom stereocenters. The summed E-state index contributed by atoms with van der Waals surface area (Å²) in [6, 6.07) is 4.59. The second-order valence-electron chi connectivity index (χ2n) is 2.77. The smallest absolute Gasteiger partial charge is 0.238 e. The van der Waals surface area contributed by atoms with Crippen molar-refractivity contribution in [2.24, 2.45) is 5.14 Å². The fourth-order valence-electron chi connectivity index (χ4n) is 1.15. The van der Waals surface area contributed by atoms with Gasteiger partial charge >= 0.3 is 0 Å². The zero-order valence-corrected chi connectivity index (χ0v) is 8.14. The molecule has 5 heteroatoms. The molecule has 0 fully saturated rings. The normalized spacial score (nSPS) is 11.5. The molecule has 13 heavy (non-hydrogen) atoms.